The molecule has 3 heteroatoms. The second kappa shape index (κ2) is 4.40. The zero-order chi connectivity index (χ0) is 10.6. The molecule has 0 amide bonds. The van der Waals surface area contributed by atoms with Gasteiger partial charge in [-0.3, -0.25) is 0 Å². The van der Waals surface area contributed by atoms with Crippen molar-refractivity contribution in [3.05, 3.63) is 18.1 Å². The van der Waals surface area contributed by atoms with E-state index in [0.717, 1.165) is 24.6 Å². The van der Waals surface area contributed by atoms with Crippen molar-refractivity contribution in [2.45, 2.75) is 34.1 Å². The van der Waals surface area contributed by atoms with E-state index in [1.807, 2.05) is 13.0 Å². The van der Waals surface area contributed by atoms with Gasteiger partial charge in [0.25, 0.3) is 0 Å². The highest BCUT2D eigenvalue weighted by molar-refractivity contribution is 5.32. The molecule has 0 radical (unpaired) electrons. The van der Waals surface area contributed by atoms with Gasteiger partial charge in [0.2, 0.25) is 0 Å². The average Bonchev–Trinajstić information content (AvgIpc) is 2.15. The quantitative estimate of drug-likeness (QED) is 0.798. The highest BCUT2D eigenvalue weighted by Gasteiger charge is 2.14. The minimum atomic E-state index is 0.318. The van der Waals surface area contributed by atoms with Crippen molar-refractivity contribution in [2.75, 3.05) is 11.9 Å². The molecular formula is C11H19N3. The predicted octanol–water partition coefficient (Wildman–Crippen LogP) is 2.63. The number of rotatable bonds is 4. The van der Waals surface area contributed by atoms with E-state index < -0.39 is 0 Å². The van der Waals surface area contributed by atoms with Gasteiger partial charge in [-0.05, 0) is 24.8 Å². The number of anilines is 1. The normalized spacial score (nSPS) is 11.4. The van der Waals surface area contributed by atoms with E-state index in [1.54, 1.807) is 6.20 Å². The van der Waals surface area contributed by atoms with Crippen molar-refractivity contribution in [3.63, 3.8) is 0 Å². The van der Waals surface area contributed by atoms with Gasteiger partial charge >= 0.3 is 0 Å². The molecule has 3 nitrogen and oxygen atoms in total. The Bertz CT molecular complexity index is 294. The summed E-state index contributed by atoms with van der Waals surface area (Å²) in [6.45, 7) is 9.53. The van der Waals surface area contributed by atoms with Crippen LogP contribution in [0.3, 0.4) is 0 Å². The first-order valence-electron chi connectivity index (χ1n) is 5.07. The van der Waals surface area contributed by atoms with E-state index in [-0.39, 0.29) is 0 Å². The third kappa shape index (κ3) is 3.32. The zero-order valence-electron chi connectivity index (χ0n) is 9.46. The van der Waals surface area contributed by atoms with E-state index >= 15 is 0 Å². The van der Waals surface area contributed by atoms with Gasteiger partial charge in [0.1, 0.15) is 11.6 Å². The fraction of sp³-hybridized carbons (Fsp3) is 0.636. The molecule has 0 aliphatic carbocycles. The second-order valence-electron chi connectivity index (χ2n) is 4.36. The van der Waals surface area contributed by atoms with Gasteiger partial charge in [0.15, 0.2) is 0 Å². The highest BCUT2D eigenvalue weighted by Crippen LogP contribution is 2.19. The first kappa shape index (κ1) is 11.0. The molecule has 1 N–H and O–H groups in total. The van der Waals surface area contributed by atoms with Gasteiger partial charge in [-0.1, -0.05) is 20.8 Å². The van der Waals surface area contributed by atoms with Gasteiger partial charge in [-0.15, -0.1) is 0 Å². The van der Waals surface area contributed by atoms with Crippen molar-refractivity contribution >= 4 is 5.82 Å². The molecule has 1 heterocycles. The summed E-state index contributed by atoms with van der Waals surface area (Å²) in [4.78, 5) is 8.34. The van der Waals surface area contributed by atoms with Crippen LogP contribution in [0.25, 0.3) is 0 Å². The lowest BCUT2D eigenvalue weighted by Gasteiger charge is -2.23. The Morgan fingerprint density at radius 3 is 2.71 bits per heavy atom. The largest absolute Gasteiger partial charge is 0.369 e. The number of hydrogen-bond acceptors (Lipinski definition) is 3. The lowest BCUT2D eigenvalue weighted by molar-refractivity contribution is 0.376. The van der Waals surface area contributed by atoms with Crippen molar-refractivity contribution in [1.29, 1.82) is 0 Å². The first-order chi connectivity index (χ1) is 6.53. The summed E-state index contributed by atoms with van der Waals surface area (Å²) in [5, 5.41) is 3.33. The van der Waals surface area contributed by atoms with E-state index in [0.29, 0.717) is 5.41 Å². The number of hydrogen-bond donors (Lipinski definition) is 1. The molecule has 0 saturated heterocycles. The Labute approximate surface area is 86.0 Å². The van der Waals surface area contributed by atoms with Gasteiger partial charge < -0.3 is 5.32 Å². The fourth-order valence-corrected chi connectivity index (χ4v) is 1.01. The summed E-state index contributed by atoms with van der Waals surface area (Å²) < 4.78 is 0. The van der Waals surface area contributed by atoms with Crippen molar-refractivity contribution < 1.29 is 0 Å². The van der Waals surface area contributed by atoms with Crippen LogP contribution in [0.1, 0.15) is 33.0 Å². The lowest BCUT2D eigenvalue weighted by atomic mass is 9.90. The number of nitrogens with zero attached hydrogens (tertiary/aromatic N) is 2. The van der Waals surface area contributed by atoms with Crippen LogP contribution in [-0.4, -0.2) is 16.5 Å². The van der Waals surface area contributed by atoms with Crippen LogP contribution >= 0.6 is 0 Å². The lowest BCUT2D eigenvalue weighted by Crippen LogP contribution is -2.22. The highest BCUT2D eigenvalue weighted by atomic mass is 15.0. The van der Waals surface area contributed by atoms with Gasteiger partial charge in [0, 0.05) is 12.7 Å². The molecule has 1 rings (SSSR count). The SMILES string of the molecule is CCC(C)(C)CNc1ccnc(C)n1. The van der Waals surface area contributed by atoms with Gasteiger partial charge in [-0.25, -0.2) is 9.97 Å². The maximum absolute atomic E-state index is 4.29. The predicted molar refractivity (Wildman–Crippen MR) is 59.3 cm³/mol. The summed E-state index contributed by atoms with van der Waals surface area (Å²) >= 11 is 0. The van der Waals surface area contributed by atoms with Crippen molar-refractivity contribution in [1.82, 2.24) is 9.97 Å². The molecule has 0 saturated carbocycles. The van der Waals surface area contributed by atoms with E-state index in [2.05, 4.69) is 36.1 Å². The smallest absolute Gasteiger partial charge is 0.129 e. The molecule has 0 atom stereocenters. The second-order valence-corrected chi connectivity index (χ2v) is 4.36. The van der Waals surface area contributed by atoms with Crippen molar-refractivity contribution in [2.24, 2.45) is 5.41 Å². The van der Waals surface area contributed by atoms with Gasteiger partial charge in [0.05, 0.1) is 0 Å². The monoisotopic (exact) mass is 193 g/mol. The third-order valence-electron chi connectivity index (χ3n) is 2.48. The molecule has 1 aromatic heterocycles. The first-order valence-corrected chi connectivity index (χ1v) is 5.07. The van der Waals surface area contributed by atoms with Crippen LogP contribution in [0.2, 0.25) is 0 Å². The van der Waals surface area contributed by atoms with Crippen LogP contribution in [-0.2, 0) is 0 Å². The molecule has 0 aliphatic heterocycles. The Hall–Kier alpha value is -1.12. The van der Waals surface area contributed by atoms with E-state index in [1.165, 1.54) is 0 Å². The molecule has 0 fully saturated rings. The molecular weight excluding hydrogens is 174 g/mol. The molecule has 0 unspecified atom stereocenters. The number of aromatic nitrogens is 2. The fourth-order valence-electron chi connectivity index (χ4n) is 1.01. The Morgan fingerprint density at radius 2 is 2.14 bits per heavy atom. The summed E-state index contributed by atoms with van der Waals surface area (Å²) in [5.74, 6) is 1.73. The minimum Gasteiger partial charge on any atom is -0.369 e. The Kier molecular flexibility index (Phi) is 3.44. The van der Waals surface area contributed by atoms with Crippen LogP contribution in [0.15, 0.2) is 12.3 Å². The summed E-state index contributed by atoms with van der Waals surface area (Å²) in [6, 6.07) is 1.90. The Morgan fingerprint density at radius 1 is 1.43 bits per heavy atom. The zero-order valence-corrected chi connectivity index (χ0v) is 9.46. The van der Waals surface area contributed by atoms with Crippen LogP contribution in [0, 0.1) is 12.3 Å². The maximum atomic E-state index is 4.29. The molecule has 0 aromatic carbocycles. The molecule has 78 valence electrons. The van der Waals surface area contributed by atoms with Crippen LogP contribution in [0.4, 0.5) is 5.82 Å². The standard InChI is InChI=1S/C11H19N3/c1-5-11(3,4)8-13-10-6-7-12-9(2)14-10/h6-7H,5,8H2,1-4H3,(H,12,13,14). The average molecular weight is 193 g/mol. The van der Waals surface area contributed by atoms with Crippen molar-refractivity contribution in [3.8, 4) is 0 Å². The molecule has 0 aliphatic rings. The Balaban J connectivity index is 2.54. The topological polar surface area (TPSA) is 37.8 Å². The number of nitrogens with one attached hydrogen (secondary N) is 1. The minimum absolute atomic E-state index is 0.318. The molecule has 14 heavy (non-hydrogen) atoms. The van der Waals surface area contributed by atoms with E-state index in [9.17, 15) is 0 Å². The van der Waals surface area contributed by atoms with Gasteiger partial charge in [-0.2, -0.15) is 0 Å². The molecule has 0 spiro atoms. The van der Waals surface area contributed by atoms with Crippen LogP contribution < -0.4 is 5.32 Å². The summed E-state index contributed by atoms with van der Waals surface area (Å²) in [7, 11) is 0. The number of aryl methyl sites for hydroxylation is 1. The molecule has 0 bridgehead atoms. The summed E-state index contributed by atoms with van der Waals surface area (Å²) in [6.07, 6.45) is 2.94. The summed E-state index contributed by atoms with van der Waals surface area (Å²) in [5.41, 5.74) is 0.318. The molecule has 1 aromatic rings. The third-order valence-corrected chi connectivity index (χ3v) is 2.48. The van der Waals surface area contributed by atoms with Crippen LogP contribution in [0.5, 0.6) is 0 Å². The maximum Gasteiger partial charge on any atom is 0.129 e. The van der Waals surface area contributed by atoms with E-state index in [4.69, 9.17) is 0 Å².